The number of hydrogen-bond acceptors (Lipinski definition) is 6. The molecule has 0 saturated carbocycles. The highest BCUT2D eigenvalue weighted by molar-refractivity contribution is 6.34. The molecule has 8 heteroatoms. The van der Waals surface area contributed by atoms with Crippen molar-refractivity contribution in [3.63, 3.8) is 0 Å². The third kappa shape index (κ3) is 3.55. The first-order valence-corrected chi connectivity index (χ1v) is 10.5. The van der Waals surface area contributed by atoms with Crippen molar-refractivity contribution < 1.29 is 14.3 Å². The first-order chi connectivity index (χ1) is 15.2. The van der Waals surface area contributed by atoms with Crippen molar-refractivity contribution in [1.29, 1.82) is 0 Å². The van der Waals surface area contributed by atoms with Gasteiger partial charge in [0.1, 0.15) is 25.4 Å². The molecule has 31 heavy (non-hydrogen) atoms. The third-order valence-corrected chi connectivity index (χ3v) is 5.94. The number of ether oxygens (including phenoxy) is 2. The molecule has 5 rings (SSSR count). The van der Waals surface area contributed by atoms with Crippen LogP contribution >= 0.6 is 11.6 Å². The topological polar surface area (TPSA) is 67.8 Å². The van der Waals surface area contributed by atoms with Gasteiger partial charge in [-0.25, -0.2) is 9.97 Å². The summed E-state index contributed by atoms with van der Waals surface area (Å²) in [5.74, 6) is 2.19. The fourth-order valence-corrected chi connectivity index (χ4v) is 4.34. The van der Waals surface area contributed by atoms with Gasteiger partial charge in [-0.1, -0.05) is 30.3 Å². The Morgan fingerprint density at radius 2 is 1.87 bits per heavy atom. The summed E-state index contributed by atoms with van der Waals surface area (Å²) in [5, 5.41) is 1.47. The molecular weight excluding hydrogens is 416 g/mol. The van der Waals surface area contributed by atoms with Crippen molar-refractivity contribution in [2.45, 2.75) is 0 Å². The number of piperazine rings is 1. The van der Waals surface area contributed by atoms with E-state index in [4.69, 9.17) is 21.1 Å². The van der Waals surface area contributed by atoms with Crippen LogP contribution in [0.3, 0.4) is 0 Å². The molecule has 1 saturated heterocycles. The van der Waals surface area contributed by atoms with Gasteiger partial charge in [0.15, 0.2) is 11.5 Å². The van der Waals surface area contributed by atoms with Crippen LogP contribution < -0.4 is 14.4 Å². The van der Waals surface area contributed by atoms with Gasteiger partial charge in [-0.2, -0.15) is 0 Å². The van der Waals surface area contributed by atoms with Crippen LogP contribution in [0.1, 0.15) is 0 Å². The van der Waals surface area contributed by atoms with Gasteiger partial charge >= 0.3 is 0 Å². The Kier molecular flexibility index (Phi) is 5.11. The van der Waals surface area contributed by atoms with Crippen molar-refractivity contribution in [2.24, 2.45) is 0 Å². The van der Waals surface area contributed by atoms with Crippen LogP contribution in [0.5, 0.6) is 11.5 Å². The molecule has 1 aromatic heterocycles. The SMILES string of the molecule is C=CC(=O)N1CCN(c2ncnc3cc(-c4cccc5c4OCCO5)c(Cl)cc23)CC1. The van der Waals surface area contributed by atoms with E-state index in [2.05, 4.69) is 21.4 Å². The molecule has 0 radical (unpaired) electrons. The summed E-state index contributed by atoms with van der Waals surface area (Å²) in [6, 6.07) is 9.67. The average molecular weight is 437 g/mol. The molecule has 0 atom stereocenters. The second kappa shape index (κ2) is 8.07. The van der Waals surface area contributed by atoms with Crippen LogP contribution in [-0.2, 0) is 4.79 Å². The highest BCUT2D eigenvalue weighted by atomic mass is 35.5. The second-order valence-electron chi connectivity index (χ2n) is 7.39. The fraction of sp³-hybridized carbons (Fsp3) is 0.261. The zero-order valence-corrected chi connectivity index (χ0v) is 17.6. The van der Waals surface area contributed by atoms with E-state index in [1.165, 1.54) is 6.08 Å². The molecule has 1 fully saturated rings. The molecule has 7 nitrogen and oxygen atoms in total. The molecular formula is C23H21ClN4O3. The standard InChI is InChI=1S/C23H21ClN4O3/c1-2-21(29)27-6-8-28(9-7-27)23-17-12-18(24)16(13-19(17)25-14-26-23)15-4-3-5-20-22(15)31-11-10-30-20/h2-5,12-14H,1,6-11H2. The number of fused-ring (bicyclic) bond motifs is 2. The van der Waals surface area contributed by atoms with E-state index in [-0.39, 0.29) is 5.91 Å². The number of rotatable bonds is 3. The quantitative estimate of drug-likeness (QED) is 0.585. The Morgan fingerprint density at radius 3 is 2.68 bits per heavy atom. The highest BCUT2D eigenvalue weighted by Crippen LogP contribution is 2.43. The molecule has 2 aliphatic heterocycles. The fourth-order valence-electron chi connectivity index (χ4n) is 4.07. The maximum Gasteiger partial charge on any atom is 0.246 e. The van der Waals surface area contributed by atoms with Crippen LogP contribution in [-0.4, -0.2) is 60.2 Å². The van der Waals surface area contributed by atoms with Gasteiger partial charge in [0.2, 0.25) is 5.91 Å². The Labute approximate surface area is 184 Å². The normalized spacial score (nSPS) is 15.8. The van der Waals surface area contributed by atoms with Crippen LogP contribution in [0, 0.1) is 0 Å². The lowest BCUT2D eigenvalue weighted by atomic mass is 10.0. The molecule has 0 bridgehead atoms. The van der Waals surface area contributed by atoms with E-state index >= 15 is 0 Å². The lowest BCUT2D eigenvalue weighted by molar-refractivity contribution is -0.126. The molecule has 0 N–H and O–H groups in total. The van der Waals surface area contributed by atoms with E-state index in [9.17, 15) is 4.79 Å². The van der Waals surface area contributed by atoms with E-state index in [1.807, 2.05) is 30.3 Å². The Morgan fingerprint density at radius 1 is 1.06 bits per heavy atom. The summed E-state index contributed by atoms with van der Waals surface area (Å²) in [7, 11) is 0. The number of carbonyl (C=O) groups excluding carboxylic acids is 1. The Hall–Kier alpha value is -3.32. The maximum atomic E-state index is 11.9. The molecule has 3 aromatic rings. The molecule has 0 aliphatic carbocycles. The second-order valence-corrected chi connectivity index (χ2v) is 7.80. The molecule has 158 valence electrons. The minimum absolute atomic E-state index is 0.0442. The number of amides is 1. The van der Waals surface area contributed by atoms with Gasteiger partial charge < -0.3 is 19.3 Å². The van der Waals surface area contributed by atoms with Gasteiger partial charge in [-0.05, 0) is 24.3 Å². The maximum absolute atomic E-state index is 11.9. The summed E-state index contributed by atoms with van der Waals surface area (Å²) >= 11 is 6.74. The number of hydrogen-bond donors (Lipinski definition) is 0. The molecule has 2 aromatic carbocycles. The summed E-state index contributed by atoms with van der Waals surface area (Å²) in [6.07, 6.45) is 2.92. The van der Waals surface area contributed by atoms with Gasteiger partial charge in [0.05, 0.1) is 5.52 Å². The smallest absolute Gasteiger partial charge is 0.246 e. The molecule has 0 unspecified atom stereocenters. The number of benzene rings is 2. The van der Waals surface area contributed by atoms with Crippen molar-refractivity contribution >= 4 is 34.2 Å². The minimum atomic E-state index is -0.0442. The van der Waals surface area contributed by atoms with Crippen molar-refractivity contribution in [1.82, 2.24) is 14.9 Å². The largest absolute Gasteiger partial charge is 0.486 e. The average Bonchev–Trinajstić information content (AvgIpc) is 2.82. The number of nitrogens with zero attached hydrogens (tertiary/aromatic N) is 4. The van der Waals surface area contributed by atoms with Crippen LogP contribution in [0.25, 0.3) is 22.0 Å². The van der Waals surface area contributed by atoms with Crippen molar-refractivity contribution in [2.75, 3.05) is 44.3 Å². The van der Waals surface area contributed by atoms with Crippen molar-refractivity contribution in [3.05, 3.63) is 54.3 Å². The van der Waals surface area contributed by atoms with Crippen molar-refractivity contribution in [3.8, 4) is 22.6 Å². The van der Waals surface area contributed by atoms with Crippen LogP contribution in [0.2, 0.25) is 5.02 Å². The Bertz CT molecular complexity index is 1170. The first kappa shape index (κ1) is 19.6. The van der Waals surface area contributed by atoms with Crippen LogP contribution in [0.4, 0.5) is 5.82 Å². The molecule has 3 heterocycles. The van der Waals surface area contributed by atoms with Gasteiger partial charge in [0.25, 0.3) is 0 Å². The van der Waals surface area contributed by atoms with E-state index in [1.54, 1.807) is 11.2 Å². The number of aromatic nitrogens is 2. The summed E-state index contributed by atoms with van der Waals surface area (Å²) in [5.41, 5.74) is 2.51. The monoisotopic (exact) mass is 436 g/mol. The third-order valence-electron chi connectivity index (χ3n) is 5.62. The summed E-state index contributed by atoms with van der Waals surface area (Å²) < 4.78 is 11.6. The van der Waals surface area contributed by atoms with Crippen LogP contribution in [0.15, 0.2) is 49.3 Å². The lowest BCUT2D eigenvalue weighted by Gasteiger charge is -2.35. The summed E-state index contributed by atoms with van der Waals surface area (Å²) in [4.78, 5) is 24.8. The molecule has 2 aliphatic rings. The lowest BCUT2D eigenvalue weighted by Crippen LogP contribution is -2.48. The zero-order chi connectivity index (χ0) is 21.4. The first-order valence-electron chi connectivity index (χ1n) is 10.2. The van der Waals surface area contributed by atoms with Gasteiger partial charge in [-0.3, -0.25) is 4.79 Å². The van der Waals surface area contributed by atoms with E-state index in [0.29, 0.717) is 50.2 Å². The summed E-state index contributed by atoms with van der Waals surface area (Å²) in [6.45, 7) is 7.21. The highest BCUT2D eigenvalue weighted by Gasteiger charge is 2.23. The number of para-hydroxylation sites is 1. The molecule has 0 spiro atoms. The van der Waals surface area contributed by atoms with Gasteiger partial charge in [0, 0.05) is 47.7 Å². The number of halogens is 1. The van der Waals surface area contributed by atoms with Gasteiger partial charge in [-0.15, -0.1) is 0 Å². The number of anilines is 1. The number of carbonyl (C=O) groups is 1. The predicted molar refractivity (Wildman–Crippen MR) is 120 cm³/mol. The Balaban J connectivity index is 1.52. The van der Waals surface area contributed by atoms with E-state index < -0.39 is 0 Å². The molecule has 1 amide bonds. The van der Waals surface area contributed by atoms with E-state index in [0.717, 1.165) is 33.6 Å². The predicted octanol–water partition coefficient (Wildman–Crippen LogP) is 3.56. The minimum Gasteiger partial charge on any atom is -0.486 e. The zero-order valence-electron chi connectivity index (χ0n) is 16.9.